The molecule has 0 saturated carbocycles. The molecule has 0 bridgehead atoms. The fraction of sp³-hybridized carbons (Fsp3) is 0.471. The van der Waals surface area contributed by atoms with Crippen LogP contribution in [-0.2, 0) is 17.8 Å². The summed E-state index contributed by atoms with van der Waals surface area (Å²) in [7, 11) is 0. The van der Waals surface area contributed by atoms with Gasteiger partial charge in [0.25, 0.3) is 5.91 Å². The normalized spacial score (nSPS) is 14.4. The SMILES string of the molecule is CC(C)(C)CC(=O)N1CCc2nc(NC(=O)c3cccs3)sc2C1. The Kier molecular flexibility index (Phi) is 4.73. The molecule has 1 aliphatic heterocycles. The summed E-state index contributed by atoms with van der Waals surface area (Å²) < 4.78 is 0. The quantitative estimate of drug-likeness (QED) is 0.903. The molecule has 0 radical (unpaired) electrons. The molecule has 1 aliphatic rings. The maximum absolute atomic E-state index is 12.4. The summed E-state index contributed by atoms with van der Waals surface area (Å²) in [6.07, 6.45) is 1.29. The van der Waals surface area contributed by atoms with Crippen LogP contribution in [0.5, 0.6) is 0 Å². The second-order valence-corrected chi connectivity index (χ2v) is 9.15. The fourth-order valence-corrected chi connectivity index (χ4v) is 4.23. The Morgan fingerprint density at radius 3 is 2.83 bits per heavy atom. The first-order chi connectivity index (χ1) is 11.3. The number of thiazole rings is 1. The Morgan fingerprint density at radius 2 is 2.17 bits per heavy atom. The summed E-state index contributed by atoms with van der Waals surface area (Å²) in [5, 5.41) is 5.35. The molecule has 2 aromatic heterocycles. The highest BCUT2D eigenvalue weighted by Gasteiger charge is 2.27. The predicted molar refractivity (Wildman–Crippen MR) is 97.6 cm³/mol. The van der Waals surface area contributed by atoms with Crippen molar-refractivity contribution in [3.8, 4) is 0 Å². The minimum absolute atomic E-state index is 0.00903. The molecule has 7 heteroatoms. The number of carbonyl (C=O) groups excluding carboxylic acids is 2. The van der Waals surface area contributed by atoms with Crippen LogP contribution in [0.3, 0.4) is 0 Å². The Bertz CT molecular complexity index is 744. The Morgan fingerprint density at radius 1 is 1.38 bits per heavy atom. The highest BCUT2D eigenvalue weighted by molar-refractivity contribution is 7.16. The van der Waals surface area contributed by atoms with E-state index in [-0.39, 0.29) is 17.2 Å². The van der Waals surface area contributed by atoms with Crippen molar-refractivity contribution < 1.29 is 9.59 Å². The molecular formula is C17H21N3O2S2. The standard InChI is InChI=1S/C17H21N3O2S2/c1-17(2,3)9-14(21)20-7-6-11-13(10-20)24-16(18-11)19-15(22)12-5-4-8-23-12/h4-5,8H,6-7,9-10H2,1-3H3,(H,18,19,22). The Hall–Kier alpha value is -1.73. The van der Waals surface area contributed by atoms with Crippen molar-refractivity contribution in [1.29, 1.82) is 0 Å². The molecule has 3 rings (SSSR count). The average molecular weight is 364 g/mol. The summed E-state index contributed by atoms with van der Waals surface area (Å²) in [4.78, 5) is 32.7. The maximum Gasteiger partial charge on any atom is 0.267 e. The van der Waals surface area contributed by atoms with Crippen LogP contribution in [-0.4, -0.2) is 28.2 Å². The molecule has 128 valence electrons. The van der Waals surface area contributed by atoms with E-state index in [1.54, 1.807) is 6.07 Å². The van der Waals surface area contributed by atoms with Crippen LogP contribution in [0.15, 0.2) is 17.5 Å². The topological polar surface area (TPSA) is 62.3 Å². The van der Waals surface area contributed by atoms with Gasteiger partial charge in [0.15, 0.2) is 5.13 Å². The number of nitrogens with zero attached hydrogens (tertiary/aromatic N) is 2. The summed E-state index contributed by atoms with van der Waals surface area (Å²) in [6.45, 7) is 7.52. The highest BCUT2D eigenvalue weighted by atomic mass is 32.1. The first-order valence-corrected chi connectivity index (χ1v) is 9.63. The zero-order valence-electron chi connectivity index (χ0n) is 14.1. The lowest BCUT2D eigenvalue weighted by molar-refractivity contribution is -0.133. The van der Waals surface area contributed by atoms with Gasteiger partial charge in [0.2, 0.25) is 5.91 Å². The first-order valence-electron chi connectivity index (χ1n) is 7.93. The molecule has 3 heterocycles. The number of anilines is 1. The van der Waals surface area contributed by atoms with Crippen molar-refractivity contribution in [2.45, 2.75) is 40.2 Å². The van der Waals surface area contributed by atoms with Gasteiger partial charge in [-0.05, 0) is 16.9 Å². The number of amides is 2. The van der Waals surface area contributed by atoms with E-state index in [1.807, 2.05) is 16.3 Å². The van der Waals surface area contributed by atoms with E-state index < -0.39 is 0 Å². The van der Waals surface area contributed by atoms with Crippen molar-refractivity contribution in [3.63, 3.8) is 0 Å². The molecule has 0 aromatic carbocycles. The third-order valence-corrected chi connectivity index (χ3v) is 5.60. The van der Waals surface area contributed by atoms with E-state index in [0.717, 1.165) is 17.0 Å². The predicted octanol–water partition coefficient (Wildman–Crippen LogP) is 3.78. The molecule has 0 aliphatic carbocycles. The van der Waals surface area contributed by atoms with Gasteiger partial charge in [-0.1, -0.05) is 38.2 Å². The van der Waals surface area contributed by atoms with Gasteiger partial charge >= 0.3 is 0 Å². The van der Waals surface area contributed by atoms with Gasteiger partial charge in [0.1, 0.15) is 0 Å². The van der Waals surface area contributed by atoms with Crippen LogP contribution in [0, 0.1) is 5.41 Å². The molecule has 2 amide bonds. The van der Waals surface area contributed by atoms with Crippen molar-refractivity contribution >= 4 is 39.6 Å². The zero-order chi connectivity index (χ0) is 17.3. The maximum atomic E-state index is 12.4. The van der Waals surface area contributed by atoms with E-state index in [1.165, 1.54) is 22.7 Å². The largest absolute Gasteiger partial charge is 0.337 e. The summed E-state index contributed by atoms with van der Waals surface area (Å²) in [6, 6.07) is 3.64. The first kappa shape index (κ1) is 17.1. The second kappa shape index (κ2) is 6.64. The van der Waals surface area contributed by atoms with Gasteiger partial charge in [0, 0.05) is 24.3 Å². The lowest BCUT2D eigenvalue weighted by atomic mass is 9.91. The molecule has 0 fully saturated rings. The van der Waals surface area contributed by atoms with Gasteiger partial charge in [0.05, 0.1) is 17.1 Å². The van der Waals surface area contributed by atoms with Gasteiger partial charge in [-0.25, -0.2) is 4.98 Å². The van der Waals surface area contributed by atoms with Gasteiger partial charge in [-0.3, -0.25) is 14.9 Å². The second-order valence-electron chi connectivity index (χ2n) is 7.12. The molecule has 2 aromatic rings. The van der Waals surface area contributed by atoms with Crippen LogP contribution in [0.25, 0.3) is 0 Å². The van der Waals surface area contributed by atoms with Crippen LogP contribution >= 0.6 is 22.7 Å². The Balaban J connectivity index is 1.66. The lowest BCUT2D eigenvalue weighted by Crippen LogP contribution is -2.37. The van der Waals surface area contributed by atoms with Gasteiger partial charge in [-0.2, -0.15) is 0 Å². The van der Waals surface area contributed by atoms with Crippen molar-refractivity contribution in [3.05, 3.63) is 33.0 Å². The Labute approximate surface area is 149 Å². The molecule has 0 unspecified atom stereocenters. The molecular weight excluding hydrogens is 342 g/mol. The van der Waals surface area contributed by atoms with Gasteiger partial charge < -0.3 is 4.90 Å². The van der Waals surface area contributed by atoms with Crippen molar-refractivity contribution in [2.24, 2.45) is 5.41 Å². The molecule has 24 heavy (non-hydrogen) atoms. The van der Waals surface area contributed by atoms with E-state index in [2.05, 4.69) is 31.1 Å². The lowest BCUT2D eigenvalue weighted by Gasteiger charge is -2.29. The third kappa shape index (κ3) is 4.02. The van der Waals surface area contributed by atoms with Crippen LogP contribution < -0.4 is 5.32 Å². The van der Waals surface area contributed by atoms with Gasteiger partial charge in [-0.15, -0.1) is 11.3 Å². The number of hydrogen-bond donors (Lipinski definition) is 1. The van der Waals surface area contributed by atoms with Crippen LogP contribution in [0.4, 0.5) is 5.13 Å². The van der Waals surface area contributed by atoms with Crippen LogP contribution in [0.1, 0.15) is 47.4 Å². The number of hydrogen-bond acceptors (Lipinski definition) is 5. The number of aromatic nitrogens is 1. The number of thiophene rings is 1. The van der Waals surface area contributed by atoms with E-state index in [9.17, 15) is 9.59 Å². The molecule has 5 nitrogen and oxygen atoms in total. The summed E-state index contributed by atoms with van der Waals surface area (Å²) in [5.41, 5.74) is 0.992. The average Bonchev–Trinajstić information content (AvgIpc) is 3.13. The number of carbonyl (C=O) groups is 2. The number of fused-ring (bicyclic) bond motifs is 1. The zero-order valence-corrected chi connectivity index (χ0v) is 15.7. The monoisotopic (exact) mass is 363 g/mol. The molecule has 0 spiro atoms. The minimum atomic E-state index is -0.128. The van der Waals surface area contributed by atoms with E-state index >= 15 is 0 Å². The van der Waals surface area contributed by atoms with E-state index in [0.29, 0.717) is 29.5 Å². The molecule has 0 saturated heterocycles. The number of nitrogens with one attached hydrogen (secondary N) is 1. The minimum Gasteiger partial charge on any atom is -0.337 e. The van der Waals surface area contributed by atoms with E-state index in [4.69, 9.17) is 0 Å². The van der Waals surface area contributed by atoms with Crippen LogP contribution in [0.2, 0.25) is 0 Å². The summed E-state index contributed by atoms with van der Waals surface area (Å²) in [5.74, 6) is 0.0579. The highest BCUT2D eigenvalue weighted by Crippen LogP contribution is 2.30. The van der Waals surface area contributed by atoms with Crippen molar-refractivity contribution in [2.75, 3.05) is 11.9 Å². The third-order valence-electron chi connectivity index (χ3n) is 3.73. The molecule has 0 atom stereocenters. The van der Waals surface area contributed by atoms with Crippen molar-refractivity contribution in [1.82, 2.24) is 9.88 Å². The fourth-order valence-electron chi connectivity index (χ4n) is 2.59. The number of rotatable bonds is 3. The molecule has 1 N–H and O–H groups in total. The smallest absolute Gasteiger partial charge is 0.267 e. The summed E-state index contributed by atoms with van der Waals surface area (Å²) >= 11 is 2.87.